The Balaban J connectivity index is 0.000000114. The predicted octanol–water partition coefficient (Wildman–Crippen LogP) is 2.86. The number of fused-ring (bicyclic) bond motifs is 1. The van der Waals surface area contributed by atoms with Gasteiger partial charge in [-0.25, -0.2) is 0 Å². The zero-order chi connectivity index (χ0) is 10.7. The molecule has 2 saturated carbocycles. The first-order chi connectivity index (χ1) is 7.27. The second kappa shape index (κ2) is 5.51. The lowest BCUT2D eigenvalue weighted by molar-refractivity contribution is 0.134. The zero-order valence-corrected chi connectivity index (χ0v) is 9.96. The summed E-state index contributed by atoms with van der Waals surface area (Å²) in [5.41, 5.74) is 0. The monoisotopic (exact) mass is 232 g/mol. The quantitative estimate of drug-likeness (QED) is 0.515. The number of ether oxygens (including phenoxy) is 1. The van der Waals surface area contributed by atoms with E-state index in [0.29, 0.717) is 12.2 Å². The van der Waals surface area contributed by atoms with Crippen molar-refractivity contribution >= 4 is 11.6 Å². The number of rotatable bonds is 0. The van der Waals surface area contributed by atoms with E-state index in [9.17, 15) is 0 Å². The van der Waals surface area contributed by atoms with Crippen LogP contribution in [0.4, 0.5) is 0 Å². The van der Waals surface area contributed by atoms with Gasteiger partial charge in [-0.05, 0) is 25.7 Å². The SMILES string of the molecule is C1CCC2OC2C1.OC1CCCCC1Cl. The number of alkyl halides is 1. The summed E-state index contributed by atoms with van der Waals surface area (Å²) in [7, 11) is 0. The van der Waals surface area contributed by atoms with Crippen molar-refractivity contribution in [1.29, 1.82) is 0 Å². The van der Waals surface area contributed by atoms with Crippen LogP contribution in [0.15, 0.2) is 0 Å². The molecule has 1 saturated heterocycles. The van der Waals surface area contributed by atoms with E-state index in [1.54, 1.807) is 0 Å². The molecule has 1 heterocycles. The van der Waals surface area contributed by atoms with Crippen molar-refractivity contribution in [3.8, 4) is 0 Å². The summed E-state index contributed by atoms with van der Waals surface area (Å²) < 4.78 is 5.28. The van der Waals surface area contributed by atoms with Gasteiger partial charge in [-0.15, -0.1) is 11.6 Å². The number of epoxide rings is 1. The molecule has 2 nitrogen and oxygen atoms in total. The second-order valence-corrected chi connectivity index (χ2v) is 5.43. The van der Waals surface area contributed by atoms with E-state index in [2.05, 4.69) is 0 Å². The normalized spacial score (nSPS) is 43.6. The number of hydrogen-bond acceptors (Lipinski definition) is 2. The summed E-state index contributed by atoms with van der Waals surface area (Å²) in [5, 5.41) is 9.08. The molecule has 0 bridgehead atoms. The van der Waals surface area contributed by atoms with E-state index < -0.39 is 0 Å². The van der Waals surface area contributed by atoms with Crippen molar-refractivity contribution in [2.45, 2.75) is 75.1 Å². The van der Waals surface area contributed by atoms with Gasteiger partial charge < -0.3 is 9.84 Å². The third-order valence-corrected chi connectivity index (χ3v) is 4.07. The Morgan fingerprint density at radius 2 is 1.40 bits per heavy atom. The minimum absolute atomic E-state index is 0.0312. The molecular weight excluding hydrogens is 212 g/mol. The van der Waals surface area contributed by atoms with Crippen LogP contribution in [-0.2, 0) is 4.74 Å². The molecule has 3 fully saturated rings. The fourth-order valence-electron chi connectivity index (χ4n) is 2.44. The molecule has 0 aromatic rings. The summed E-state index contributed by atoms with van der Waals surface area (Å²) >= 11 is 5.72. The van der Waals surface area contributed by atoms with Gasteiger partial charge in [0, 0.05) is 0 Å². The van der Waals surface area contributed by atoms with E-state index in [4.69, 9.17) is 21.4 Å². The molecule has 3 aliphatic rings. The van der Waals surface area contributed by atoms with Crippen LogP contribution in [0, 0.1) is 0 Å². The molecule has 4 unspecified atom stereocenters. The molecule has 0 spiro atoms. The molecule has 88 valence electrons. The van der Waals surface area contributed by atoms with Crippen LogP contribution in [0.2, 0.25) is 0 Å². The van der Waals surface area contributed by atoms with Gasteiger partial charge >= 0.3 is 0 Å². The van der Waals surface area contributed by atoms with Gasteiger partial charge in [0.2, 0.25) is 0 Å². The van der Waals surface area contributed by atoms with Crippen LogP contribution < -0.4 is 0 Å². The number of aliphatic hydroxyl groups is 1. The molecule has 15 heavy (non-hydrogen) atoms. The highest BCUT2D eigenvalue weighted by molar-refractivity contribution is 6.21. The number of halogens is 1. The smallest absolute Gasteiger partial charge is 0.0841 e. The van der Waals surface area contributed by atoms with Crippen LogP contribution in [0.1, 0.15) is 51.4 Å². The Bertz CT molecular complexity index is 178. The average Bonchev–Trinajstić information content (AvgIpc) is 3.02. The largest absolute Gasteiger partial charge is 0.392 e. The maximum absolute atomic E-state index is 9.05. The molecule has 1 aliphatic heterocycles. The number of hydrogen-bond donors (Lipinski definition) is 1. The maximum Gasteiger partial charge on any atom is 0.0841 e. The highest BCUT2D eigenvalue weighted by Gasteiger charge is 2.39. The van der Waals surface area contributed by atoms with Crippen LogP contribution in [-0.4, -0.2) is 28.8 Å². The predicted molar refractivity (Wildman–Crippen MR) is 61.2 cm³/mol. The highest BCUT2D eigenvalue weighted by Crippen LogP contribution is 2.35. The minimum Gasteiger partial charge on any atom is -0.392 e. The second-order valence-electron chi connectivity index (χ2n) is 4.87. The Hall–Kier alpha value is 0.210. The van der Waals surface area contributed by atoms with E-state index in [0.717, 1.165) is 19.3 Å². The van der Waals surface area contributed by atoms with E-state index in [-0.39, 0.29) is 11.5 Å². The van der Waals surface area contributed by atoms with Gasteiger partial charge in [0.05, 0.1) is 23.7 Å². The Labute approximate surface area is 97.0 Å². The van der Waals surface area contributed by atoms with Gasteiger partial charge in [0.15, 0.2) is 0 Å². The van der Waals surface area contributed by atoms with Crippen molar-refractivity contribution in [1.82, 2.24) is 0 Å². The Morgan fingerprint density at radius 3 is 1.80 bits per heavy atom. The van der Waals surface area contributed by atoms with Crippen LogP contribution in [0.5, 0.6) is 0 Å². The fourth-order valence-corrected chi connectivity index (χ4v) is 2.72. The lowest BCUT2D eigenvalue weighted by Gasteiger charge is -2.21. The van der Waals surface area contributed by atoms with Crippen molar-refractivity contribution in [3.63, 3.8) is 0 Å². The van der Waals surface area contributed by atoms with Crippen molar-refractivity contribution < 1.29 is 9.84 Å². The van der Waals surface area contributed by atoms with E-state index in [1.807, 2.05) is 0 Å². The summed E-state index contributed by atoms with van der Waals surface area (Å²) in [6, 6.07) is 0. The van der Waals surface area contributed by atoms with Gasteiger partial charge in [-0.1, -0.05) is 25.7 Å². The Morgan fingerprint density at radius 1 is 0.867 bits per heavy atom. The molecule has 2 aliphatic carbocycles. The van der Waals surface area contributed by atoms with E-state index in [1.165, 1.54) is 32.1 Å². The first kappa shape index (κ1) is 11.7. The first-order valence-corrected chi connectivity index (χ1v) is 6.68. The summed E-state index contributed by atoms with van der Waals surface area (Å²) in [6.45, 7) is 0. The maximum atomic E-state index is 9.05. The third kappa shape index (κ3) is 3.61. The number of aliphatic hydroxyl groups excluding tert-OH is 1. The summed E-state index contributed by atoms with van der Waals surface area (Å²) in [5.74, 6) is 0. The molecule has 0 amide bonds. The van der Waals surface area contributed by atoms with Crippen molar-refractivity contribution in [2.75, 3.05) is 0 Å². The molecule has 0 aromatic carbocycles. The standard InChI is InChI=1S/C6H11ClO.C6H10O/c7-5-3-1-2-4-6(5)8;1-2-4-6-5(3-1)7-6/h5-6,8H,1-4H2;5-6H,1-4H2. The first-order valence-electron chi connectivity index (χ1n) is 6.25. The molecule has 3 rings (SSSR count). The van der Waals surface area contributed by atoms with Crippen molar-refractivity contribution in [3.05, 3.63) is 0 Å². The molecule has 4 atom stereocenters. The Kier molecular flexibility index (Phi) is 4.30. The zero-order valence-electron chi connectivity index (χ0n) is 9.20. The summed E-state index contributed by atoms with van der Waals surface area (Å²) in [6.07, 6.45) is 10.9. The van der Waals surface area contributed by atoms with Crippen LogP contribution >= 0.6 is 11.6 Å². The lowest BCUT2D eigenvalue weighted by Crippen LogP contribution is -2.24. The lowest BCUT2D eigenvalue weighted by atomic mass is 9.98. The molecule has 1 N–H and O–H groups in total. The molecule has 0 aromatic heterocycles. The third-order valence-electron chi connectivity index (χ3n) is 3.56. The van der Waals surface area contributed by atoms with Gasteiger partial charge in [0.25, 0.3) is 0 Å². The molecular formula is C12H21ClO2. The fraction of sp³-hybridized carbons (Fsp3) is 1.00. The van der Waals surface area contributed by atoms with Gasteiger partial charge in [-0.2, -0.15) is 0 Å². The topological polar surface area (TPSA) is 32.8 Å². The van der Waals surface area contributed by atoms with Gasteiger partial charge in [-0.3, -0.25) is 0 Å². The molecule has 3 heteroatoms. The summed E-state index contributed by atoms with van der Waals surface area (Å²) in [4.78, 5) is 0. The van der Waals surface area contributed by atoms with Gasteiger partial charge in [0.1, 0.15) is 0 Å². The minimum atomic E-state index is -0.231. The average molecular weight is 233 g/mol. The highest BCUT2D eigenvalue weighted by atomic mass is 35.5. The van der Waals surface area contributed by atoms with E-state index >= 15 is 0 Å². The van der Waals surface area contributed by atoms with Crippen molar-refractivity contribution in [2.24, 2.45) is 0 Å². The molecule has 0 radical (unpaired) electrons. The van der Waals surface area contributed by atoms with Crippen LogP contribution in [0.25, 0.3) is 0 Å². The van der Waals surface area contributed by atoms with Crippen LogP contribution in [0.3, 0.4) is 0 Å².